The van der Waals surface area contributed by atoms with E-state index >= 15 is 0 Å². The van der Waals surface area contributed by atoms with Crippen LogP contribution in [-0.2, 0) is 4.79 Å². The van der Waals surface area contributed by atoms with Gasteiger partial charge in [0.15, 0.2) is 0 Å². The average molecular weight is 308 g/mol. The zero-order chi connectivity index (χ0) is 16.2. The summed E-state index contributed by atoms with van der Waals surface area (Å²) in [7, 11) is 0. The smallest absolute Gasteiger partial charge is 0.267 e. The molecular formula is C17H16N4O2. The Kier molecular flexibility index (Phi) is 4.07. The number of rotatable bonds is 5. The number of hydrogen-bond donors (Lipinski definition) is 4. The summed E-state index contributed by atoms with van der Waals surface area (Å²) in [5.74, 6) is -0.917. The van der Waals surface area contributed by atoms with E-state index in [1.807, 2.05) is 30.3 Å². The number of amides is 2. The fourth-order valence-corrected chi connectivity index (χ4v) is 2.43. The van der Waals surface area contributed by atoms with Gasteiger partial charge in [0.1, 0.15) is 6.04 Å². The van der Waals surface area contributed by atoms with Crippen LogP contribution in [-0.4, -0.2) is 16.8 Å². The number of hydrazine groups is 1. The molecule has 0 saturated carbocycles. The van der Waals surface area contributed by atoms with Crippen molar-refractivity contribution < 1.29 is 9.59 Å². The number of nitrogens with two attached hydrogens (primary N) is 1. The van der Waals surface area contributed by atoms with Crippen LogP contribution in [0.2, 0.25) is 0 Å². The monoisotopic (exact) mass is 308 g/mol. The van der Waals surface area contributed by atoms with Crippen LogP contribution in [0, 0.1) is 0 Å². The zero-order valence-corrected chi connectivity index (χ0v) is 12.2. The standard InChI is InChI=1S/C17H16N4O2/c18-16(22)15(11-6-2-1-3-7-11)20-21-17(23)13-10-19-14-9-5-4-8-12(13)14/h1-10,15,19-20H,(H2,18,22)(H,21,23)/t15-/m0/s1. The highest BCUT2D eigenvalue weighted by atomic mass is 16.2. The van der Waals surface area contributed by atoms with Gasteiger partial charge in [0.2, 0.25) is 5.91 Å². The van der Waals surface area contributed by atoms with Gasteiger partial charge in [0.25, 0.3) is 5.91 Å². The van der Waals surface area contributed by atoms with E-state index in [0.29, 0.717) is 11.1 Å². The van der Waals surface area contributed by atoms with E-state index in [4.69, 9.17) is 5.73 Å². The maximum absolute atomic E-state index is 12.3. The average Bonchev–Trinajstić information content (AvgIpc) is 2.99. The van der Waals surface area contributed by atoms with E-state index in [1.165, 1.54) is 0 Å². The SMILES string of the molecule is NC(=O)[C@@H](NNC(=O)c1c[nH]c2ccccc12)c1ccccc1. The van der Waals surface area contributed by atoms with Crippen LogP contribution >= 0.6 is 0 Å². The lowest BCUT2D eigenvalue weighted by Gasteiger charge is -2.16. The van der Waals surface area contributed by atoms with Gasteiger partial charge in [-0.25, -0.2) is 5.43 Å². The van der Waals surface area contributed by atoms with Crippen LogP contribution in [0.3, 0.4) is 0 Å². The number of nitrogens with one attached hydrogen (secondary N) is 3. The van der Waals surface area contributed by atoms with Crippen molar-refractivity contribution in [1.82, 2.24) is 15.8 Å². The molecule has 0 radical (unpaired) electrons. The van der Waals surface area contributed by atoms with Crippen molar-refractivity contribution in [2.24, 2.45) is 5.73 Å². The van der Waals surface area contributed by atoms with E-state index in [2.05, 4.69) is 15.8 Å². The van der Waals surface area contributed by atoms with Crippen molar-refractivity contribution in [3.8, 4) is 0 Å². The first-order chi connectivity index (χ1) is 11.2. The van der Waals surface area contributed by atoms with Crippen molar-refractivity contribution in [3.05, 3.63) is 71.9 Å². The topological polar surface area (TPSA) is 100 Å². The summed E-state index contributed by atoms with van der Waals surface area (Å²) < 4.78 is 0. The predicted molar refractivity (Wildman–Crippen MR) is 87.3 cm³/mol. The fraction of sp³-hybridized carbons (Fsp3) is 0.0588. The molecule has 2 aromatic carbocycles. The molecule has 3 rings (SSSR count). The van der Waals surface area contributed by atoms with Gasteiger partial charge in [-0.3, -0.25) is 15.0 Å². The Morgan fingerprint density at radius 3 is 2.43 bits per heavy atom. The van der Waals surface area contributed by atoms with Crippen LogP contribution in [0.25, 0.3) is 10.9 Å². The molecule has 6 nitrogen and oxygen atoms in total. The largest absolute Gasteiger partial charge is 0.368 e. The molecule has 6 heteroatoms. The van der Waals surface area contributed by atoms with Crippen molar-refractivity contribution in [2.45, 2.75) is 6.04 Å². The first-order valence-corrected chi connectivity index (χ1v) is 7.13. The highest BCUT2D eigenvalue weighted by molar-refractivity contribution is 6.06. The van der Waals surface area contributed by atoms with Gasteiger partial charge in [0.05, 0.1) is 5.56 Å². The molecule has 23 heavy (non-hydrogen) atoms. The Hall–Kier alpha value is -3.12. The highest BCUT2D eigenvalue weighted by Crippen LogP contribution is 2.17. The lowest BCUT2D eigenvalue weighted by Crippen LogP contribution is -2.44. The minimum absolute atomic E-state index is 0.343. The Bertz CT molecular complexity index is 842. The zero-order valence-electron chi connectivity index (χ0n) is 12.2. The lowest BCUT2D eigenvalue weighted by atomic mass is 10.1. The summed E-state index contributed by atoms with van der Waals surface area (Å²) in [4.78, 5) is 27.0. The molecule has 2 amide bonds. The third kappa shape index (κ3) is 3.07. The van der Waals surface area contributed by atoms with Crippen LogP contribution in [0.15, 0.2) is 60.8 Å². The van der Waals surface area contributed by atoms with Gasteiger partial charge < -0.3 is 10.7 Å². The first kappa shape index (κ1) is 14.8. The van der Waals surface area contributed by atoms with E-state index in [-0.39, 0.29) is 5.91 Å². The molecule has 1 heterocycles. The van der Waals surface area contributed by atoms with Gasteiger partial charge in [-0.1, -0.05) is 48.5 Å². The van der Waals surface area contributed by atoms with Gasteiger partial charge in [-0.2, -0.15) is 0 Å². The van der Waals surface area contributed by atoms with E-state index in [9.17, 15) is 9.59 Å². The molecule has 0 bridgehead atoms. The predicted octanol–water partition coefficient (Wildman–Crippen LogP) is 1.63. The van der Waals surface area contributed by atoms with E-state index in [0.717, 1.165) is 10.9 Å². The maximum Gasteiger partial charge on any atom is 0.267 e. The van der Waals surface area contributed by atoms with Crippen LogP contribution in [0.5, 0.6) is 0 Å². The third-order valence-electron chi connectivity index (χ3n) is 3.58. The summed E-state index contributed by atoms with van der Waals surface area (Å²) in [5.41, 5.74) is 12.7. The Morgan fingerprint density at radius 1 is 1.00 bits per heavy atom. The molecule has 5 N–H and O–H groups in total. The number of H-pyrrole nitrogens is 1. The quantitative estimate of drug-likeness (QED) is 0.539. The molecule has 3 aromatic rings. The van der Waals surface area contributed by atoms with Gasteiger partial charge in [0, 0.05) is 17.1 Å². The Balaban J connectivity index is 1.76. The molecule has 0 aliphatic carbocycles. The van der Waals surface area contributed by atoms with Crippen molar-refractivity contribution in [1.29, 1.82) is 0 Å². The van der Waals surface area contributed by atoms with E-state index < -0.39 is 11.9 Å². The maximum atomic E-state index is 12.3. The molecule has 0 aliphatic heterocycles. The number of primary amides is 1. The summed E-state index contributed by atoms with van der Waals surface area (Å²) in [6.07, 6.45) is 1.63. The highest BCUT2D eigenvalue weighted by Gasteiger charge is 2.19. The van der Waals surface area contributed by atoms with Crippen LogP contribution < -0.4 is 16.6 Å². The third-order valence-corrected chi connectivity index (χ3v) is 3.58. The summed E-state index contributed by atoms with van der Waals surface area (Å²) in [5, 5.41) is 0.808. The molecule has 0 spiro atoms. The molecule has 1 atom stereocenters. The molecule has 0 saturated heterocycles. The Labute approximate surface area is 132 Å². The summed E-state index contributed by atoms with van der Waals surface area (Å²) in [6.45, 7) is 0. The number of aromatic nitrogens is 1. The molecule has 116 valence electrons. The van der Waals surface area contributed by atoms with Crippen molar-refractivity contribution >= 4 is 22.7 Å². The minimum Gasteiger partial charge on any atom is -0.368 e. The first-order valence-electron chi connectivity index (χ1n) is 7.13. The Morgan fingerprint density at radius 2 is 1.70 bits per heavy atom. The number of carbonyl (C=O) groups excluding carboxylic acids is 2. The summed E-state index contributed by atoms with van der Waals surface area (Å²) in [6, 6.07) is 15.6. The van der Waals surface area contributed by atoms with Crippen LogP contribution in [0.1, 0.15) is 22.0 Å². The van der Waals surface area contributed by atoms with Crippen molar-refractivity contribution in [3.63, 3.8) is 0 Å². The lowest BCUT2D eigenvalue weighted by molar-refractivity contribution is -0.120. The molecule has 0 aliphatic rings. The number of para-hydroxylation sites is 1. The van der Waals surface area contributed by atoms with Gasteiger partial charge in [-0.05, 0) is 11.6 Å². The number of hydrogen-bond acceptors (Lipinski definition) is 3. The molecule has 0 unspecified atom stereocenters. The second-order valence-corrected chi connectivity index (χ2v) is 5.09. The van der Waals surface area contributed by atoms with Gasteiger partial charge >= 0.3 is 0 Å². The summed E-state index contributed by atoms with van der Waals surface area (Å²) >= 11 is 0. The molecule has 0 fully saturated rings. The van der Waals surface area contributed by atoms with Crippen LogP contribution in [0.4, 0.5) is 0 Å². The second-order valence-electron chi connectivity index (χ2n) is 5.09. The number of fused-ring (bicyclic) bond motifs is 1. The fourth-order valence-electron chi connectivity index (χ4n) is 2.43. The molecular weight excluding hydrogens is 292 g/mol. The number of aromatic amines is 1. The van der Waals surface area contributed by atoms with E-state index in [1.54, 1.807) is 30.5 Å². The minimum atomic E-state index is -0.801. The number of carbonyl (C=O) groups is 2. The molecule has 1 aromatic heterocycles. The van der Waals surface area contributed by atoms with Gasteiger partial charge in [-0.15, -0.1) is 0 Å². The number of benzene rings is 2. The normalized spacial score (nSPS) is 12.0. The second kappa shape index (κ2) is 6.33. The van der Waals surface area contributed by atoms with Crippen molar-refractivity contribution in [2.75, 3.05) is 0 Å².